The molecule has 2 aromatic heterocycles. The van der Waals surface area contributed by atoms with Crippen LogP contribution in [0.4, 0.5) is 13.2 Å². The van der Waals surface area contributed by atoms with Crippen LogP contribution in [0.1, 0.15) is 66.3 Å². The van der Waals surface area contributed by atoms with E-state index in [2.05, 4.69) is 26.0 Å². The minimum absolute atomic E-state index is 0.265. The molecule has 41 heavy (non-hydrogen) atoms. The van der Waals surface area contributed by atoms with Gasteiger partial charge in [0.15, 0.2) is 0 Å². The minimum Gasteiger partial charge on any atom is -0.493 e. The van der Waals surface area contributed by atoms with Crippen molar-refractivity contribution in [3.05, 3.63) is 47.8 Å². The second kappa shape index (κ2) is 12.3. The number of aryl methyl sites for hydroxylation is 2. The number of carbonyl (C=O) groups is 1. The summed E-state index contributed by atoms with van der Waals surface area (Å²) in [4.78, 5) is 18.7. The molecule has 0 amide bonds. The SMILES string of the molecule is CCc1ccc(-c2cc3ccc(OCC(COC(=O)C(C)(C)C(C)(N)CC(C)(C)N)C(F)(F)F)cc3s2)c(CC)n1. The lowest BCUT2D eigenvalue weighted by Gasteiger charge is -2.42. The van der Waals surface area contributed by atoms with Gasteiger partial charge in [-0.05, 0) is 95.7 Å². The van der Waals surface area contributed by atoms with Gasteiger partial charge in [0.05, 0.1) is 5.41 Å². The molecule has 2 heterocycles. The monoisotopic (exact) mass is 593 g/mol. The Morgan fingerprint density at radius 2 is 1.66 bits per heavy atom. The number of halogens is 3. The van der Waals surface area contributed by atoms with Crippen LogP contribution in [0.2, 0.25) is 0 Å². The lowest BCUT2D eigenvalue weighted by Crippen LogP contribution is -2.59. The number of nitrogens with two attached hydrogens (primary N) is 2. The van der Waals surface area contributed by atoms with E-state index < -0.39 is 47.8 Å². The zero-order chi connectivity index (χ0) is 30.8. The van der Waals surface area contributed by atoms with Gasteiger partial charge in [-0.15, -0.1) is 11.3 Å². The zero-order valence-corrected chi connectivity index (χ0v) is 25.8. The van der Waals surface area contributed by atoms with Crippen LogP contribution in [0.3, 0.4) is 0 Å². The van der Waals surface area contributed by atoms with E-state index in [0.29, 0.717) is 5.75 Å². The van der Waals surface area contributed by atoms with Crippen molar-refractivity contribution in [3.63, 3.8) is 0 Å². The summed E-state index contributed by atoms with van der Waals surface area (Å²) in [6, 6.07) is 11.4. The Morgan fingerprint density at radius 1 is 0.976 bits per heavy atom. The molecule has 2 atom stereocenters. The molecule has 0 aliphatic carbocycles. The van der Waals surface area contributed by atoms with Crippen molar-refractivity contribution in [2.24, 2.45) is 22.8 Å². The van der Waals surface area contributed by atoms with E-state index in [0.717, 1.165) is 44.8 Å². The maximum atomic E-state index is 13.9. The lowest BCUT2D eigenvalue weighted by molar-refractivity contribution is -0.200. The van der Waals surface area contributed by atoms with Crippen molar-refractivity contribution in [1.82, 2.24) is 4.98 Å². The van der Waals surface area contributed by atoms with Gasteiger partial charge in [-0.1, -0.05) is 13.8 Å². The Bertz CT molecular complexity index is 1360. The standard InChI is InChI=1S/C31H42F3N3O3S/c1-8-21-11-13-23(24(9-2)37-21)26-14-19-10-12-22(15-25(19)41-26)39-16-20(31(32,33)34)17-40-27(38)29(5,6)30(7,36)18-28(3,4)35/h10-15,20H,8-9,16-18,35-36H2,1-7H3. The summed E-state index contributed by atoms with van der Waals surface area (Å²) < 4.78 is 53.3. The van der Waals surface area contributed by atoms with Gasteiger partial charge in [0.2, 0.25) is 0 Å². The third-order valence-electron chi connectivity index (χ3n) is 7.58. The molecule has 3 rings (SSSR count). The fourth-order valence-corrected chi connectivity index (χ4v) is 5.80. The molecule has 0 saturated heterocycles. The van der Waals surface area contributed by atoms with Crippen LogP contribution in [0, 0.1) is 11.3 Å². The number of hydrogen-bond acceptors (Lipinski definition) is 7. The lowest BCUT2D eigenvalue weighted by atomic mass is 9.68. The van der Waals surface area contributed by atoms with Gasteiger partial charge in [-0.3, -0.25) is 9.78 Å². The number of rotatable bonds is 12. The summed E-state index contributed by atoms with van der Waals surface area (Å²) in [7, 11) is 0. The molecule has 4 N–H and O–H groups in total. The number of aromatic nitrogens is 1. The topological polar surface area (TPSA) is 100 Å². The van der Waals surface area contributed by atoms with Crippen molar-refractivity contribution in [2.45, 2.75) is 85.0 Å². The number of benzene rings is 1. The van der Waals surface area contributed by atoms with Crippen molar-refractivity contribution in [1.29, 1.82) is 0 Å². The molecule has 10 heteroatoms. The number of nitrogens with zero attached hydrogens (tertiary/aromatic N) is 1. The Balaban J connectivity index is 1.72. The number of ether oxygens (including phenoxy) is 2. The maximum Gasteiger partial charge on any atom is 0.398 e. The van der Waals surface area contributed by atoms with E-state index in [1.807, 2.05) is 12.1 Å². The molecule has 0 radical (unpaired) electrons. The maximum absolute atomic E-state index is 13.9. The predicted octanol–water partition coefficient (Wildman–Crippen LogP) is 7.06. The number of pyridine rings is 1. The van der Waals surface area contributed by atoms with Crippen LogP contribution in [0.25, 0.3) is 20.5 Å². The molecule has 0 fully saturated rings. The van der Waals surface area contributed by atoms with Gasteiger partial charge < -0.3 is 20.9 Å². The summed E-state index contributed by atoms with van der Waals surface area (Å²) in [6.45, 7) is 10.9. The smallest absolute Gasteiger partial charge is 0.398 e. The summed E-state index contributed by atoms with van der Waals surface area (Å²) in [5, 5.41) is 0.966. The van der Waals surface area contributed by atoms with Gasteiger partial charge >= 0.3 is 12.1 Å². The first-order valence-electron chi connectivity index (χ1n) is 13.8. The number of thiophene rings is 1. The van der Waals surface area contributed by atoms with E-state index >= 15 is 0 Å². The Kier molecular flexibility index (Phi) is 9.82. The summed E-state index contributed by atoms with van der Waals surface area (Å²) in [6.07, 6.45) is -2.72. The van der Waals surface area contributed by atoms with E-state index in [1.165, 1.54) is 11.3 Å². The third-order valence-corrected chi connectivity index (χ3v) is 8.71. The second-order valence-corrected chi connectivity index (χ2v) is 13.3. The van der Waals surface area contributed by atoms with Crippen LogP contribution in [-0.2, 0) is 22.4 Å². The number of hydrogen-bond donors (Lipinski definition) is 2. The number of alkyl halides is 3. The molecule has 0 aliphatic rings. The van der Waals surface area contributed by atoms with Gasteiger partial charge in [-0.2, -0.15) is 13.2 Å². The fraction of sp³-hybridized carbons (Fsp3) is 0.548. The largest absolute Gasteiger partial charge is 0.493 e. The highest BCUT2D eigenvalue weighted by atomic mass is 32.1. The normalized spacial score (nSPS) is 15.0. The van der Waals surface area contributed by atoms with Crippen LogP contribution < -0.4 is 16.2 Å². The first kappa shape index (κ1) is 32.8. The quantitative estimate of drug-likeness (QED) is 0.218. The van der Waals surface area contributed by atoms with Crippen molar-refractivity contribution >= 4 is 27.4 Å². The van der Waals surface area contributed by atoms with Gasteiger partial charge in [0, 0.05) is 37.6 Å². The van der Waals surface area contributed by atoms with Gasteiger partial charge in [0.1, 0.15) is 24.9 Å². The number of carbonyl (C=O) groups excluding carboxylic acids is 1. The molecule has 226 valence electrons. The molecule has 2 unspecified atom stereocenters. The molecule has 0 saturated carbocycles. The fourth-order valence-electron chi connectivity index (χ4n) is 4.66. The molecule has 6 nitrogen and oxygen atoms in total. The van der Waals surface area contributed by atoms with E-state index in [9.17, 15) is 18.0 Å². The highest BCUT2D eigenvalue weighted by molar-refractivity contribution is 7.22. The highest BCUT2D eigenvalue weighted by Crippen LogP contribution is 2.38. The second-order valence-electron chi connectivity index (χ2n) is 12.2. The highest BCUT2D eigenvalue weighted by Gasteiger charge is 2.48. The Hall–Kier alpha value is -2.69. The third kappa shape index (κ3) is 7.99. The molecule has 0 aliphatic heterocycles. The number of fused-ring (bicyclic) bond motifs is 1. The zero-order valence-electron chi connectivity index (χ0n) is 24.9. The molecule has 0 spiro atoms. The van der Waals surface area contributed by atoms with Crippen LogP contribution in [0.5, 0.6) is 5.75 Å². The Morgan fingerprint density at radius 3 is 2.24 bits per heavy atom. The van der Waals surface area contributed by atoms with E-state index in [1.54, 1.807) is 46.8 Å². The summed E-state index contributed by atoms with van der Waals surface area (Å²) in [5.74, 6) is -2.52. The first-order chi connectivity index (χ1) is 18.9. The Labute approximate surface area is 244 Å². The molecule has 0 bridgehead atoms. The van der Waals surface area contributed by atoms with E-state index in [4.69, 9.17) is 25.9 Å². The van der Waals surface area contributed by atoms with Gasteiger partial charge in [0.25, 0.3) is 0 Å². The van der Waals surface area contributed by atoms with Crippen LogP contribution in [-0.4, -0.2) is 41.4 Å². The molecular formula is C31H42F3N3O3S. The predicted molar refractivity (Wildman–Crippen MR) is 159 cm³/mol. The summed E-state index contributed by atoms with van der Waals surface area (Å²) in [5.41, 5.74) is 12.5. The minimum atomic E-state index is -4.63. The first-order valence-corrected chi connectivity index (χ1v) is 14.7. The van der Waals surface area contributed by atoms with Gasteiger partial charge in [-0.25, -0.2) is 0 Å². The van der Waals surface area contributed by atoms with Crippen molar-refractivity contribution in [3.8, 4) is 16.2 Å². The summed E-state index contributed by atoms with van der Waals surface area (Å²) >= 11 is 1.54. The molecule has 3 aromatic rings. The molecule has 1 aromatic carbocycles. The average molecular weight is 594 g/mol. The van der Waals surface area contributed by atoms with Crippen molar-refractivity contribution in [2.75, 3.05) is 13.2 Å². The van der Waals surface area contributed by atoms with Crippen molar-refractivity contribution < 1.29 is 27.4 Å². The average Bonchev–Trinajstić information content (AvgIpc) is 3.28. The van der Waals surface area contributed by atoms with Crippen LogP contribution >= 0.6 is 11.3 Å². The molecular weight excluding hydrogens is 551 g/mol. The van der Waals surface area contributed by atoms with E-state index in [-0.39, 0.29) is 6.42 Å². The van der Waals surface area contributed by atoms with Crippen LogP contribution in [0.15, 0.2) is 36.4 Å². The number of esters is 1.